The molecule has 0 bridgehead atoms. The van der Waals surface area contributed by atoms with Gasteiger partial charge in [0.15, 0.2) is 0 Å². The van der Waals surface area contributed by atoms with E-state index in [9.17, 15) is 9.59 Å². The molecule has 1 N–H and O–H groups in total. The van der Waals surface area contributed by atoms with Gasteiger partial charge in [-0.3, -0.25) is 14.5 Å². The van der Waals surface area contributed by atoms with Crippen LogP contribution in [0.3, 0.4) is 0 Å². The molecule has 0 spiro atoms. The minimum atomic E-state index is -0.706. The van der Waals surface area contributed by atoms with Crippen LogP contribution in [0.2, 0.25) is 0 Å². The van der Waals surface area contributed by atoms with Gasteiger partial charge in [0.05, 0.1) is 4.91 Å². The minimum absolute atomic E-state index is 0.252. The Morgan fingerprint density at radius 3 is 2.41 bits per heavy atom. The third-order valence-electron chi connectivity index (χ3n) is 5.30. The van der Waals surface area contributed by atoms with Crippen LogP contribution in [-0.2, 0) is 22.7 Å². The van der Waals surface area contributed by atoms with Crippen molar-refractivity contribution in [1.29, 1.82) is 0 Å². The summed E-state index contributed by atoms with van der Waals surface area (Å²) in [6.45, 7) is 2.54. The second-order valence-corrected chi connectivity index (χ2v) is 9.45. The molecule has 2 amide bonds. The number of hydrogen-bond acceptors (Lipinski definition) is 5. The van der Waals surface area contributed by atoms with Crippen molar-refractivity contribution >= 4 is 46.2 Å². The predicted octanol–water partition coefficient (Wildman–Crippen LogP) is 5.17. The van der Waals surface area contributed by atoms with Gasteiger partial charge in [0.1, 0.15) is 22.7 Å². The first kappa shape index (κ1) is 23.7. The maximum atomic E-state index is 13.1. The fourth-order valence-electron chi connectivity index (χ4n) is 3.45. The van der Waals surface area contributed by atoms with Crippen molar-refractivity contribution in [1.82, 2.24) is 10.2 Å². The van der Waals surface area contributed by atoms with E-state index in [0.29, 0.717) is 28.1 Å². The van der Waals surface area contributed by atoms with Crippen molar-refractivity contribution in [2.75, 3.05) is 0 Å². The maximum absolute atomic E-state index is 13.1. The molecular weight excluding hydrogens is 464 g/mol. The van der Waals surface area contributed by atoms with Crippen molar-refractivity contribution in [3.05, 3.63) is 107 Å². The van der Waals surface area contributed by atoms with Crippen molar-refractivity contribution in [2.24, 2.45) is 0 Å². The van der Waals surface area contributed by atoms with Crippen LogP contribution in [0.25, 0.3) is 6.08 Å². The predicted molar refractivity (Wildman–Crippen MR) is 140 cm³/mol. The van der Waals surface area contributed by atoms with Crippen LogP contribution in [0.15, 0.2) is 89.8 Å². The third-order valence-corrected chi connectivity index (χ3v) is 6.63. The standard InChI is InChI=1S/C27H24N2O3S2/c1-19(25(30)28-17-20-9-4-2-5-10-20)29-26(31)24(34-27(29)33)16-22-13-8-14-23(15-22)32-18-21-11-6-3-7-12-21/h2-16,19H,17-18H2,1H3,(H,28,30)/b24-16-. The summed E-state index contributed by atoms with van der Waals surface area (Å²) in [4.78, 5) is 27.6. The monoisotopic (exact) mass is 488 g/mol. The lowest BCUT2D eigenvalue weighted by molar-refractivity contribution is -0.132. The van der Waals surface area contributed by atoms with Crippen LogP contribution in [0.5, 0.6) is 5.75 Å². The highest BCUT2D eigenvalue weighted by atomic mass is 32.2. The molecule has 34 heavy (non-hydrogen) atoms. The topological polar surface area (TPSA) is 58.6 Å². The molecule has 1 heterocycles. The number of thioether (sulfide) groups is 1. The minimum Gasteiger partial charge on any atom is -0.489 e. The van der Waals surface area contributed by atoms with Crippen LogP contribution in [0.1, 0.15) is 23.6 Å². The van der Waals surface area contributed by atoms with Crippen LogP contribution in [0, 0.1) is 0 Å². The van der Waals surface area contributed by atoms with E-state index < -0.39 is 6.04 Å². The fourth-order valence-corrected chi connectivity index (χ4v) is 4.87. The Balaban J connectivity index is 1.40. The van der Waals surface area contributed by atoms with E-state index in [1.165, 1.54) is 16.7 Å². The van der Waals surface area contributed by atoms with E-state index in [4.69, 9.17) is 17.0 Å². The van der Waals surface area contributed by atoms with Crippen molar-refractivity contribution in [3.8, 4) is 5.75 Å². The summed E-state index contributed by atoms with van der Waals surface area (Å²) >= 11 is 6.63. The van der Waals surface area contributed by atoms with Crippen molar-refractivity contribution in [3.63, 3.8) is 0 Å². The van der Waals surface area contributed by atoms with E-state index in [0.717, 1.165) is 16.7 Å². The van der Waals surface area contributed by atoms with Crippen molar-refractivity contribution in [2.45, 2.75) is 26.1 Å². The van der Waals surface area contributed by atoms with Gasteiger partial charge in [0, 0.05) is 6.54 Å². The number of rotatable bonds is 8. The Kier molecular flexibility index (Phi) is 7.77. The second-order valence-electron chi connectivity index (χ2n) is 7.78. The van der Waals surface area contributed by atoms with Crippen molar-refractivity contribution < 1.29 is 14.3 Å². The molecule has 1 fully saturated rings. The van der Waals surface area contributed by atoms with Gasteiger partial charge in [0.2, 0.25) is 5.91 Å². The smallest absolute Gasteiger partial charge is 0.266 e. The number of nitrogens with one attached hydrogen (secondary N) is 1. The molecule has 7 heteroatoms. The van der Waals surface area contributed by atoms with Crippen LogP contribution < -0.4 is 10.1 Å². The average molecular weight is 489 g/mol. The van der Waals surface area contributed by atoms with Gasteiger partial charge in [-0.25, -0.2) is 0 Å². The highest BCUT2D eigenvalue weighted by Crippen LogP contribution is 2.34. The zero-order valence-corrected chi connectivity index (χ0v) is 20.3. The first-order chi connectivity index (χ1) is 16.5. The molecular formula is C27H24N2O3S2. The summed E-state index contributed by atoms with van der Waals surface area (Å²) in [6.07, 6.45) is 1.78. The number of benzene rings is 3. The van der Waals surface area contributed by atoms with Crippen LogP contribution >= 0.6 is 24.0 Å². The Hall–Kier alpha value is -3.42. The Morgan fingerprint density at radius 2 is 1.71 bits per heavy atom. The zero-order valence-electron chi connectivity index (χ0n) is 18.6. The molecule has 1 saturated heterocycles. The largest absolute Gasteiger partial charge is 0.489 e. The second kappa shape index (κ2) is 11.1. The Bertz CT molecular complexity index is 1210. The summed E-state index contributed by atoms with van der Waals surface area (Å²) in [6, 6.07) is 26.4. The molecule has 0 aromatic heterocycles. The summed E-state index contributed by atoms with van der Waals surface area (Å²) in [7, 11) is 0. The first-order valence-corrected chi connectivity index (χ1v) is 12.1. The molecule has 3 aromatic carbocycles. The SMILES string of the molecule is CC(C(=O)NCc1ccccc1)N1C(=O)/C(=C/c2cccc(OCc3ccccc3)c2)SC1=S. The molecule has 0 radical (unpaired) electrons. The fraction of sp³-hybridized carbons (Fsp3) is 0.148. The summed E-state index contributed by atoms with van der Waals surface area (Å²) in [5, 5.41) is 2.88. The molecule has 4 rings (SSSR count). The lowest BCUT2D eigenvalue weighted by atomic mass is 10.2. The number of hydrogen-bond donors (Lipinski definition) is 1. The van der Waals surface area contributed by atoms with E-state index in [1.54, 1.807) is 13.0 Å². The number of thiocarbonyl (C=S) groups is 1. The Morgan fingerprint density at radius 1 is 1.03 bits per heavy atom. The third kappa shape index (κ3) is 5.92. The summed E-state index contributed by atoms with van der Waals surface area (Å²) in [5.41, 5.74) is 2.89. The molecule has 1 unspecified atom stereocenters. The average Bonchev–Trinajstić information content (AvgIpc) is 3.14. The summed E-state index contributed by atoms with van der Waals surface area (Å²) < 4.78 is 6.26. The van der Waals surface area contributed by atoms with Gasteiger partial charge < -0.3 is 10.1 Å². The van der Waals surface area contributed by atoms with E-state index in [1.807, 2.05) is 84.9 Å². The van der Waals surface area contributed by atoms with Crippen LogP contribution in [-0.4, -0.2) is 27.1 Å². The van der Waals surface area contributed by atoms with Gasteiger partial charge in [-0.2, -0.15) is 0 Å². The number of carbonyl (C=O) groups is 2. The van der Waals surface area contributed by atoms with E-state index in [2.05, 4.69) is 5.32 Å². The molecule has 172 valence electrons. The molecule has 1 atom stereocenters. The number of amides is 2. The van der Waals surface area contributed by atoms with Gasteiger partial charge >= 0.3 is 0 Å². The molecule has 1 aliphatic heterocycles. The van der Waals surface area contributed by atoms with Gasteiger partial charge in [0.25, 0.3) is 5.91 Å². The quantitative estimate of drug-likeness (QED) is 0.350. The molecule has 5 nitrogen and oxygen atoms in total. The Labute approximate surface area is 208 Å². The highest BCUT2D eigenvalue weighted by molar-refractivity contribution is 8.26. The molecule has 1 aliphatic rings. The maximum Gasteiger partial charge on any atom is 0.266 e. The van der Waals surface area contributed by atoms with Gasteiger partial charge in [-0.1, -0.05) is 96.8 Å². The molecule has 0 aliphatic carbocycles. The summed E-state index contributed by atoms with van der Waals surface area (Å²) in [5.74, 6) is 0.187. The zero-order chi connectivity index (χ0) is 23.9. The lowest BCUT2D eigenvalue weighted by Gasteiger charge is -2.22. The lowest BCUT2D eigenvalue weighted by Crippen LogP contribution is -2.46. The number of nitrogens with zero attached hydrogens (tertiary/aromatic N) is 1. The van der Waals surface area contributed by atoms with E-state index in [-0.39, 0.29) is 11.8 Å². The highest BCUT2D eigenvalue weighted by Gasteiger charge is 2.38. The number of carbonyl (C=O) groups excluding carboxylic acids is 2. The van der Waals surface area contributed by atoms with Gasteiger partial charge in [-0.15, -0.1) is 0 Å². The molecule has 0 saturated carbocycles. The normalized spacial score (nSPS) is 15.4. The number of ether oxygens (including phenoxy) is 1. The van der Waals surface area contributed by atoms with E-state index >= 15 is 0 Å². The van der Waals surface area contributed by atoms with Crippen LogP contribution in [0.4, 0.5) is 0 Å². The first-order valence-electron chi connectivity index (χ1n) is 10.9. The van der Waals surface area contributed by atoms with Gasteiger partial charge in [-0.05, 0) is 41.8 Å². The molecule has 3 aromatic rings.